The highest BCUT2D eigenvalue weighted by Gasteiger charge is 2.45. The summed E-state index contributed by atoms with van der Waals surface area (Å²) >= 11 is 5.97. The van der Waals surface area contributed by atoms with Crippen molar-refractivity contribution < 1.29 is 13.2 Å². The molecular formula is C17H18ClNO3S. The lowest BCUT2D eigenvalue weighted by Crippen LogP contribution is -2.49. The molecule has 2 aromatic rings. The van der Waals surface area contributed by atoms with Gasteiger partial charge in [-0.2, -0.15) is 0 Å². The van der Waals surface area contributed by atoms with Crippen LogP contribution in [0.25, 0.3) is 0 Å². The lowest BCUT2D eigenvalue weighted by Gasteiger charge is -2.21. The van der Waals surface area contributed by atoms with Crippen molar-refractivity contribution >= 4 is 27.2 Å². The Morgan fingerprint density at radius 1 is 1.13 bits per heavy atom. The zero-order valence-corrected chi connectivity index (χ0v) is 14.3. The Kier molecular flexibility index (Phi) is 5.24. The fourth-order valence-corrected chi connectivity index (χ4v) is 3.88. The quantitative estimate of drug-likeness (QED) is 0.641. The van der Waals surface area contributed by atoms with Crippen LogP contribution in [0.5, 0.6) is 0 Å². The molecule has 0 aliphatic carbocycles. The van der Waals surface area contributed by atoms with Gasteiger partial charge < -0.3 is 0 Å². The molecule has 1 unspecified atom stereocenters. The molecule has 0 aliphatic heterocycles. The van der Waals surface area contributed by atoms with E-state index in [1.807, 2.05) is 30.3 Å². The van der Waals surface area contributed by atoms with Crippen molar-refractivity contribution in [2.24, 2.45) is 5.73 Å². The molecule has 0 aromatic heterocycles. The lowest BCUT2D eigenvalue weighted by molar-refractivity contribution is -0.119. The summed E-state index contributed by atoms with van der Waals surface area (Å²) in [6.07, 6.45) is 0.337. The molecule has 6 heteroatoms. The van der Waals surface area contributed by atoms with Crippen LogP contribution in [-0.2, 0) is 21.1 Å². The number of halogens is 1. The van der Waals surface area contributed by atoms with Gasteiger partial charge in [0.15, 0.2) is 5.78 Å². The second-order valence-electron chi connectivity index (χ2n) is 5.37. The summed E-state index contributed by atoms with van der Waals surface area (Å²) < 4.78 is 22.7. The van der Waals surface area contributed by atoms with Gasteiger partial charge in [0.05, 0.1) is 4.90 Å². The largest absolute Gasteiger partial charge is 0.295 e. The maximum atomic E-state index is 12.6. The van der Waals surface area contributed by atoms with E-state index >= 15 is 0 Å². The predicted octanol–water partition coefficient (Wildman–Crippen LogP) is 2.82. The molecule has 1 atom stereocenters. The third kappa shape index (κ3) is 3.80. The number of ketones is 1. The third-order valence-corrected chi connectivity index (χ3v) is 6.26. The highest BCUT2D eigenvalue weighted by atomic mass is 35.5. The summed E-state index contributed by atoms with van der Waals surface area (Å²) in [5.41, 5.74) is 7.38. The van der Waals surface area contributed by atoms with Gasteiger partial charge >= 0.3 is 0 Å². The number of carbonyl (C=O) groups is 1. The predicted molar refractivity (Wildman–Crippen MR) is 90.9 cm³/mol. The van der Waals surface area contributed by atoms with Gasteiger partial charge in [-0.05, 0) is 36.6 Å². The second-order valence-corrected chi connectivity index (χ2v) is 8.32. The highest BCUT2D eigenvalue weighted by molar-refractivity contribution is 7.95. The second kappa shape index (κ2) is 6.83. The number of benzene rings is 2. The van der Waals surface area contributed by atoms with Gasteiger partial charge in [-0.15, -0.1) is 0 Å². The number of carbonyl (C=O) groups excluding carboxylic acids is 1. The third-order valence-electron chi connectivity index (χ3n) is 3.55. The first-order valence-corrected chi connectivity index (χ1v) is 8.97. The Hall–Kier alpha value is -1.69. The van der Waals surface area contributed by atoms with Crippen LogP contribution in [0.1, 0.15) is 17.5 Å². The van der Waals surface area contributed by atoms with Gasteiger partial charge in [0.2, 0.25) is 9.84 Å². The Bertz CT molecular complexity index is 802. The first kappa shape index (κ1) is 17.7. The van der Waals surface area contributed by atoms with Crippen LogP contribution in [0, 0.1) is 6.92 Å². The molecule has 0 aliphatic rings. The maximum Gasteiger partial charge on any atom is 0.256 e. The van der Waals surface area contributed by atoms with E-state index in [0.29, 0.717) is 6.42 Å². The summed E-state index contributed by atoms with van der Waals surface area (Å²) in [4.78, 5) is 12.3. The van der Waals surface area contributed by atoms with Gasteiger partial charge in [0.1, 0.15) is 0 Å². The molecule has 2 N–H and O–H groups in total. The van der Waals surface area contributed by atoms with E-state index in [-0.39, 0.29) is 11.3 Å². The number of alkyl halides is 1. The maximum absolute atomic E-state index is 12.6. The topological polar surface area (TPSA) is 77.2 Å². The molecule has 0 heterocycles. The average molecular weight is 352 g/mol. The van der Waals surface area contributed by atoms with Crippen molar-refractivity contribution in [1.82, 2.24) is 0 Å². The van der Waals surface area contributed by atoms with E-state index in [0.717, 1.165) is 11.1 Å². The molecule has 122 valence electrons. The Morgan fingerprint density at radius 3 is 2.39 bits per heavy atom. The van der Waals surface area contributed by atoms with Crippen molar-refractivity contribution in [2.75, 3.05) is 0 Å². The summed E-state index contributed by atoms with van der Waals surface area (Å²) in [5, 5.41) is 0. The standard InChI is InChI=1S/C17H18ClNO3S/c1-13-6-5-9-15(12-13)23(21,22)17(18,19)16(20)11-10-14-7-3-2-4-8-14/h2-9,12H,10-11,19H2,1H3. The summed E-state index contributed by atoms with van der Waals surface area (Å²) in [6.45, 7) is 1.75. The normalized spacial score (nSPS) is 14.2. The van der Waals surface area contributed by atoms with Gasteiger partial charge in [0, 0.05) is 6.42 Å². The fraction of sp³-hybridized carbons (Fsp3) is 0.235. The van der Waals surface area contributed by atoms with Crippen molar-refractivity contribution in [3.05, 3.63) is 65.7 Å². The molecule has 0 spiro atoms. The zero-order valence-electron chi connectivity index (χ0n) is 12.7. The number of hydrogen-bond acceptors (Lipinski definition) is 4. The molecule has 23 heavy (non-hydrogen) atoms. The first-order chi connectivity index (χ1) is 10.7. The van der Waals surface area contributed by atoms with Crippen molar-refractivity contribution in [3.8, 4) is 0 Å². The number of aryl methyl sites for hydroxylation is 2. The molecule has 0 fully saturated rings. The van der Waals surface area contributed by atoms with E-state index in [4.69, 9.17) is 17.3 Å². The van der Waals surface area contributed by atoms with Crippen molar-refractivity contribution in [2.45, 2.75) is 29.0 Å². The number of rotatable bonds is 6. The van der Waals surface area contributed by atoms with E-state index in [9.17, 15) is 13.2 Å². The monoisotopic (exact) mass is 351 g/mol. The number of sulfone groups is 1. The first-order valence-electron chi connectivity index (χ1n) is 7.11. The summed E-state index contributed by atoms with van der Waals surface area (Å²) in [6, 6.07) is 15.4. The molecule has 0 radical (unpaired) electrons. The minimum atomic E-state index is -4.17. The molecule has 0 saturated carbocycles. The van der Waals surface area contributed by atoms with Crippen LogP contribution in [0.3, 0.4) is 0 Å². The Labute approximate surface area is 141 Å². The minimum Gasteiger partial charge on any atom is -0.295 e. The molecule has 4 nitrogen and oxygen atoms in total. The average Bonchev–Trinajstić information content (AvgIpc) is 2.53. The number of nitrogens with two attached hydrogens (primary N) is 1. The van der Waals surface area contributed by atoms with Gasteiger partial charge in [-0.3, -0.25) is 10.5 Å². The number of hydrogen-bond donors (Lipinski definition) is 1. The van der Waals surface area contributed by atoms with E-state index in [1.165, 1.54) is 12.1 Å². The van der Waals surface area contributed by atoms with Gasteiger partial charge in [-0.1, -0.05) is 54.1 Å². The lowest BCUT2D eigenvalue weighted by atomic mass is 10.1. The molecular weight excluding hydrogens is 334 g/mol. The van der Waals surface area contributed by atoms with Crippen LogP contribution >= 0.6 is 11.6 Å². The van der Waals surface area contributed by atoms with Crippen LogP contribution in [-0.4, -0.2) is 18.5 Å². The molecule has 0 saturated heterocycles. The SMILES string of the molecule is Cc1cccc(S(=O)(=O)C(N)(Cl)C(=O)CCc2ccccc2)c1. The van der Waals surface area contributed by atoms with Crippen LogP contribution in [0.15, 0.2) is 59.5 Å². The Balaban J connectivity index is 2.20. The minimum absolute atomic E-state index is 0.0466. The summed E-state index contributed by atoms with van der Waals surface area (Å²) in [5.74, 6) is -0.718. The van der Waals surface area contributed by atoms with Gasteiger partial charge in [-0.25, -0.2) is 8.42 Å². The molecule has 2 rings (SSSR count). The molecule has 0 bridgehead atoms. The van der Waals surface area contributed by atoms with E-state index < -0.39 is 20.0 Å². The summed E-state index contributed by atoms with van der Waals surface area (Å²) in [7, 11) is -4.17. The number of Topliss-reactive ketones (excluding diaryl/α,β-unsaturated/α-hetero) is 1. The fourth-order valence-electron chi connectivity index (χ4n) is 2.18. The zero-order chi connectivity index (χ0) is 17.1. The van der Waals surface area contributed by atoms with Crippen molar-refractivity contribution in [1.29, 1.82) is 0 Å². The van der Waals surface area contributed by atoms with Crippen LogP contribution < -0.4 is 5.73 Å². The van der Waals surface area contributed by atoms with Gasteiger partial charge in [0.25, 0.3) is 4.33 Å². The van der Waals surface area contributed by atoms with E-state index in [2.05, 4.69) is 0 Å². The van der Waals surface area contributed by atoms with Crippen LogP contribution in [0.4, 0.5) is 0 Å². The van der Waals surface area contributed by atoms with Crippen molar-refractivity contribution in [3.63, 3.8) is 0 Å². The van der Waals surface area contributed by atoms with Crippen LogP contribution in [0.2, 0.25) is 0 Å². The highest BCUT2D eigenvalue weighted by Crippen LogP contribution is 2.28. The van der Waals surface area contributed by atoms with E-state index in [1.54, 1.807) is 19.1 Å². The molecule has 0 amide bonds. The Morgan fingerprint density at radius 2 is 1.78 bits per heavy atom. The smallest absolute Gasteiger partial charge is 0.256 e. The molecule has 2 aromatic carbocycles.